The van der Waals surface area contributed by atoms with Gasteiger partial charge in [-0.2, -0.15) is 5.26 Å². The lowest BCUT2D eigenvalue weighted by atomic mass is 10.1. The van der Waals surface area contributed by atoms with Gasteiger partial charge in [0.1, 0.15) is 18.2 Å². The number of fused-ring (bicyclic) bond motifs is 1. The molecule has 0 saturated heterocycles. The van der Waals surface area contributed by atoms with Crippen LogP contribution < -0.4 is 11.1 Å². The molecule has 0 spiro atoms. The first-order valence-electron chi connectivity index (χ1n) is 6.14. The molecule has 21 heavy (non-hydrogen) atoms. The van der Waals surface area contributed by atoms with E-state index in [-0.39, 0.29) is 0 Å². The molecular formula is C15H10BrN5. The molecule has 3 rings (SSSR count). The highest BCUT2D eigenvalue weighted by Crippen LogP contribution is 2.27. The monoisotopic (exact) mass is 339 g/mol. The van der Waals surface area contributed by atoms with Crippen molar-refractivity contribution >= 4 is 44.0 Å². The van der Waals surface area contributed by atoms with E-state index in [9.17, 15) is 5.26 Å². The van der Waals surface area contributed by atoms with Crippen LogP contribution in [0, 0.1) is 11.3 Å². The standard InChI is InChI=1S/C15H10BrN5/c16-10-1-4-13(9(5-10)7-17)21-15-12-3-2-11(18)6-14(12)19-8-20-15/h1-6,8H,18H2,(H,19,20,21). The van der Waals surface area contributed by atoms with Crippen molar-refractivity contribution in [2.24, 2.45) is 0 Å². The summed E-state index contributed by atoms with van der Waals surface area (Å²) in [6.07, 6.45) is 1.47. The van der Waals surface area contributed by atoms with E-state index in [1.165, 1.54) is 6.33 Å². The van der Waals surface area contributed by atoms with Gasteiger partial charge in [0.05, 0.1) is 16.8 Å². The second kappa shape index (κ2) is 5.38. The molecule has 0 aliphatic heterocycles. The van der Waals surface area contributed by atoms with Crippen molar-refractivity contribution in [3.05, 3.63) is 52.8 Å². The zero-order valence-corrected chi connectivity index (χ0v) is 12.4. The molecule has 2 aromatic carbocycles. The molecule has 102 valence electrons. The van der Waals surface area contributed by atoms with Crippen LogP contribution in [-0.2, 0) is 0 Å². The molecule has 0 amide bonds. The number of aromatic nitrogens is 2. The molecule has 1 aromatic heterocycles. The lowest BCUT2D eigenvalue weighted by Crippen LogP contribution is -1.98. The third kappa shape index (κ3) is 2.64. The fourth-order valence-corrected chi connectivity index (χ4v) is 2.38. The van der Waals surface area contributed by atoms with Gasteiger partial charge in [-0.1, -0.05) is 15.9 Å². The summed E-state index contributed by atoms with van der Waals surface area (Å²) < 4.78 is 0.852. The summed E-state index contributed by atoms with van der Waals surface area (Å²) in [6, 6.07) is 13.0. The maximum absolute atomic E-state index is 9.21. The van der Waals surface area contributed by atoms with Gasteiger partial charge in [-0.25, -0.2) is 9.97 Å². The molecule has 0 fully saturated rings. The van der Waals surface area contributed by atoms with Crippen molar-refractivity contribution in [1.82, 2.24) is 9.97 Å². The van der Waals surface area contributed by atoms with E-state index < -0.39 is 0 Å². The minimum atomic E-state index is 0.534. The van der Waals surface area contributed by atoms with Gasteiger partial charge in [-0.3, -0.25) is 0 Å². The van der Waals surface area contributed by atoms with E-state index in [0.717, 1.165) is 15.4 Å². The Labute approximate surface area is 129 Å². The average Bonchev–Trinajstić information content (AvgIpc) is 2.49. The molecule has 3 N–H and O–H groups in total. The highest BCUT2D eigenvalue weighted by atomic mass is 79.9. The summed E-state index contributed by atoms with van der Waals surface area (Å²) in [5, 5.41) is 13.2. The van der Waals surface area contributed by atoms with E-state index in [4.69, 9.17) is 5.73 Å². The van der Waals surface area contributed by atoms with Crippen LogP contribution in [0.25, 0.3) is 10.9 Å². The second-order valence-electron chi connectivity index (χ2n) is 4.43. The van der Waals surface area contributed by atoms with Gasteiger partial charge in [0, 0.05) is 15.5 Å². The molecule has 0 unspecified atom stereocenters. The van der Waals surface area contributed by atoms with Crippen molar-refractivity contribution < 1.29 is 0 Å². The Morgan fingerprint density at radius 3 is 2.81 bits per heavy atom. The number of nitrogens with zero attached hydrogens (tertiary/aromatic N) is 3. The Morgan fingerprint density at radius 2 is 2.00 bits per heavy atom. The number of nitrogens with one attached hydrogen (secondary N) is 1. The van der Waals surface area contributed by atoms with Crippen molar-refractivity contribution in [3.63, 3.8) is 0 Å². The SMILES string of the molecule is N#Cc1cc(Br)ccc1Nc1ncnc2cc(N)ccc12. The number of nitrogens with two attached hydrogens (primary N) is 1. The smallest absolute Gasteiger partial charge is 0.141 e. The summed E-state index contributed by atoms with van der Waals surface area (Å²) in [5.41, 5.74) is 8.39. The first-order chi connectivity index (χ1) is 10.2. The van der Waals surface area contributed by atoms with E-state index in [1.54, 1.807) is 18.2 Å². The van der Waals surface area contributed by atoms with Gasteiger partial charge >= 0.3 is 0 Å². The Kier molecular flexibility index (Phi) is 3.42. The van der Waals surface area contributed by atoms with Crippen LogP contribution in [0.1, 0.15) is 5.56 Å². The Bertz CT molecular complexity index is 870. The fraction of sp³-hybridized carbons (Fsp3) is 0. The number of anilines is 3. The van der Waals surface area contributed by atoms with Crippen LogP contribution in [0.15, 0.2) is 47.2 Å². The molecule has 0 bridgehead atoms. The minimum Gasteiger partial charge on any atom is -0.399 e. The summed E-state index contributed by atoms with van der Waals surface area (Å²) >= 11 is 3.35. The van der Waals surface area contributed by atoms with Gasteiger partial charge in [0.15, 0.2) is 0 Å². The Balaban J connectivity index is 2.09. The molecule has 0 aliphatic carbocycles. The number of benzene rings is 2. The number of hydrogen-bond donors (Lipinski definition) is 2. The fourth-order valence-electron chi connectivity index (χ4n) is 2.02. The number of hydrogen-bond acceptors (Lipinski definition) is 5. The van der Waals surface area contributed by atoms with Crippen molar-refractivity contribution in [2.45, 2.75) is 0 Å². The molecule has 0 atom stereocenters. The molecular weight excluding hydrogens is 330 g/mol. The van der Waals surface area contributed by atoms with Crippen LogP contribution in [-0.4, -0.2) is 9.97 Å². The number of nitrogen functional groups attached to an aromatic ring is 1. The molecule has 1 heterocycles. The summed E-state index contributed by atoms with van der Waals surface area (Å²) in [5.74, 6) is 0.638. The largest absolute Gasteiger partial charge is 0.399 e. The number of nitriles is 1. The van der Waals surface area contributed by atoms with Gasteiger partial charge in [0.25, 0.3) is 0 Å². The maximum Gasteiger partial charge on any atom is 0.141 e. The summed E-state index contributed by atoms with van der Waals surface area (Å²) in [6.45, 7) is 0. The maximum atomic E-state index is 9.21. The van der Waals surface area contributed by atoms with Crippen molar-refractivity contribution in [1.29, 1.82) is 5.26 Å². The topological polar surface area (TPSA) is 87.6 Å². The highest BCUT2D eigenvalue weighted by Gasteiger charge is 2.08. The Hall–Kier alpha value is -2.65. The first kappa shape index (κ1) is 13.3. The van der Waals surface area contributed by atoms with Gasteiger partial charge in [0.2, 0.25) is 0 Å². The zero-order chi connectivity index (χ0) is 14.8. The van der Waals surface area contributed by atoms with Crippen LogP contribution in [0.3, 0.4) is 0 Å². The van der Waals surface area contributed by atoms with Crippen LogP contribution >= 0.6 is 15.9 Å². The normalized spacial score (nSPS) is 10.3. The third-order valence-corrected chi connectivity index (χ3v) is 3.51. The molecule has 0 radical (unpaired) electrons. The molecule has 5 nitrogen and oxygen atoms in total. The zero-order valence-electron chi connectivity index (χ0n) is 10.8. The van der Waals surface area contributed by atoms with Crippen LogP contribution in [0.5, 0.6) is 0 Å². The van der Waals surface area contributed by atoms with Gasteiger partial charge in [-0.05, 0) is 36.4 Å². The molecule has 3 aromatic rings. The highest BCUT2D eigenvalue weighted by molar-refractivity contribution is 9.10. The average molecular weight is 340 g/mol. The number of rotatable bonds is 2. The Morgan fingerprint density at radius 1 is 1.14 bits per heavy atom. The lowest BCUT2D eigenvalue weighted by molar-refractivity contribution is 1.22. The van der Waals surface area contributed by atoms with Crippen LogP contribution in [0.2, 0.25) is 0 Å². The summed E-state index contributed by atoms with van der Waals surface area (Å²) in [4.78, 5) is 8.44. The molecule has 0 saturated carbocycles. The first-order valence-corrected chi connectivity index (χ1v) is 6.93. The molecule has 0 aliphatic rings. The van der Waals surface area contributed by atoms with E-state index in [0.29, 0.717) is 22.8 Å². The van der Waals surface area contributed by atoms with Crippen LogP contribution in [0.4, 0.5) is 17.2 Å². The predicted octanol–water partition coefficient (Wildman–Crippen LogP) is 3.59. The quantitative estimate of drug-likeness (QED) is 0.696. The summed E-state index contributed by atoms with van der Waals surface area (Å²) in [7, 11) is 0. The van der Waals surface area contributed by atoms with Crippen molar-refractivity contribution in [3.8, 4) is 6.07 Å². The van der Waals surface area contributed by atoms with E-state index in [2.05, 4.69) is 37.3 Å². The third-order valence-electron chi connectivity index (χ3n) is 3.02. The molecule has 6 heteroatoms. The van der Waals surface area contributed by atoms with Crippen molar-refractivity contribution in [2.75, 3.05) is 11.1 Å². The minimum absolute atomic E-state index is 0.534. The van der Waals surface area contributed by atoms with E-state index >= 15 is 0 Å². The lowest BCUT2D eigenvalue weighted by Gasteiger charge is -2.10. The predicted molar refractivity (Wildman–Crippen MR) is 86.1 cm³/mol. The number of halogens is 1. The van der Waals surface area contributed by atoms with E-state index in [1.807, 2.05) is 18.2 Å². The van der Waals surface area contributed by atoms with Gasteiger partial charge < -0.3 is 11.1 Å². The van der Waals surface area contributed by atoms with Gasteiger partial charge in [-0.15, -0.1) is 0 Å². The second-order valence-corrected chi connectivity index (χ2v) is 5.34.